The highest BCUT2D eigenvalue weighted by Gasteiger charge is 2.20. The van der Waals surface area contributed by atoms with E-state index < -0.39 is 4.92 Å². The highest BCUT2D eigenvalue weighted by Crippen LogP contribution is 2.27. The molecule has 3 rings (SSSR count). The van der Waals surface area contributed by atoms with Crippen molar-refractivity contribution in [2.45, 2.75) is 6.04 Å². The number of nitrogens with one attached hydrogen (secondary N) is 2. The van der Waals surface area contributed by atoms with Crippen molar-refractivity contribution in [2.75, 3.05) is 38.2 Å². The number of halogens is 1. The van der Waals surface area contributed by atoms with Crippen molar-refractivity contribution in [2.24, 2.45) is 0 Å². The molecule has 2 aromatic rings. The van der Waals surface area contributed by atoms with Crippen LogP contribution in [0.4, 0.5) is 11.4 Å². The van der Waals surface area contributed by atoms with E-state index in [1.807, 2.05) is 30.3 Å². The summed E-state index contributed by atoms with van der Waals surface area (Å²) in [5.74, 6) is 0. The van der Waals surface area contributed by atoms with Crippen molar-refractivity contribution in [3.8, 4) is 0 Å². The molecule has 7 nitrogen and oxygen atoms in total. The van der Waals surface area contributed by atoms with E-state index in [4.69, 9.17) is 28.6 Å². The fourth-order valence-corrected chi connectivity index (χ4v) is 3.42. The van der Waals surface area contributed by atoms with Crippen LogP contribution in [0.3, 0.4) is 0 Å². The minimum atomic E-state index is -0.469. The monoisotopic (exact) mass is 420 g/mol. The minimum absolute atomic E-state index is 0.0447. The van der Waals surface area contributed by atoms with E-state index in [1.165, 1.54) is 18.2 Å². The Morgan fingerprint density at radius 2 is 1.96 bits per heavy atom. The van der Waals surface area contributed by atoms with E-state index >= 15 is 0 Å². The van der Waals surface area contributed by atoms with Crippen molar-refractivity contribution >= 4 is 40.3 Å². The average molecular weight is 421 g/mol. The standard InChI is InChI=1S/C19H21ClN4O3S/c20-16-7-6-15(24(25)26)12-17(16)21-19(28)22-18(14-4-2-1-3-5-14)13-23-8-10-27-11-9-23/h1-7,12,18H,8-11,13H2,(H2,21,22,28)/t18-/m1/s1. The lowest BCUT2D eigenvalue weighted by Gasteiger charge is -2.31. The van der Waals surface area contributed by atoms with Gasteiger partial charge in [-0.1, -0.05) is 41.9 Å². The second-order valence-electron chi connectivity index (χ2n) is 6.40. The maximum atomic E-state index is 11.0. The van der Waals surface area contributed by atoms with Gasteiger partial charge in [0.15, 0.2) is 5.11 Å². The Hall–Kier alpha value is -2.26. The van der Waals surface area contributed by atoms with Crippen molar-refractivity contribution in [1.82, 2.24) is 10.2 Å². The number of thiocarbonyl (C=S) groups is 1. The molecule has 1 heterocycles. The molecule has 0 unspecified atom stereocenters. The van der Waals surface area contributed by atoms with Gasteiger partial charge in [-0.2, -0.15) is 0 Å². The van der Waals surface area contributed by atoms with Crippen molar-refractivity contribution in [3.05, 3.63) is 69.2 Å². The summed E-state index contributed by atoms with van der Waals surface area (Å²) in [6.07, 6.45) is 0. The van der Waals surface area contributed by atoms with Gasteiger partial charge < -0.3 is 15.4 Å². The normalized spacial score (nSPS) is 15.6. The zero-order valence-electron chi connectivity index (χ0n) is 15.1. The Morgan fingerprint density at radius 3 is 2.64 bits per heavy atom. The SMILES string of the molecule is O=[N+]([O-])c1ccc(Cl)c(NC(=S)N[C@H](CN2CCOCC2)c2ccccc2)c1. The third-order valence-electron chi connectivity index (χ3n) is 4.46. The van der Waals surface area contributed by atoms with E-state index in [1.54, 1.807) is 0 Å². The Balaban J connectivity index is 1.72. The lowest BCUT2D eigenvalue weighted by molar-refractivity contribution is -0.384. The van der Waals surface area contributed by atoms with Crippen LogP contribution in [0.5, 0.6) is 0 Å². The van der Waals surface area contributed by atoms with Gasteiger partial charge in [-0.3, -0.25) is 15.0 Å². The van der Waals surface area contributed by atoms with Gasteiger partial charge in [0, 0.05) is 31.8 Å². The summed E-state index contributed by atoms with van der Waals surface area (Å²) < 4.78 is 5.42. The molecule has 0 spiro atoms. The Kier molecular flexibility index (Phi) is 7.16. The summed E-state index contributed by atoms with van der Waals surface area (Å²) in [4.78, 5) is 12.9. The van der Waals surface area contributed by atoms with Crippen LogP contribution in [0, 0.1) is 10.1 Å². The average Bonchev–Trinajstić information content (AvgIpc) is 2.70. The quantitative estimate of drug-likeness (QED) is 0.419. The zero-order chi connectivity index (χ0) is 19.9. The lowest BCUT2D eigenvalue weighted by atomic mass is 10.1. The number of rotatable bonds is 6. The molecule has 1 fully saturated rings. The van der Waals surface area contributed by atoms with Gasteiger partial charge >= 0.3 is 0 Å². The van der Waals surface area contributed by atoms with Crippen molar-refractivity contribution < 1.29 is 9.66 Å². The number of hydrogen-bond donors (Lipinski definition) is 2. The minimum Gasteiger partial charge on any atom is -0.379 e. The fraction of sp³-hybridized carbons (Fsp3) is 0.316. The molecule has 1 aliphatic heterocycles. The van der Waals surface area contributed by atoms with Crippen LogP contribution >= 0.6 is 23.8 Å². The van der Waals surface area contributed by atoms with Crippen LogP contribution in [-0.4, -0.2) is 47.8 Å². The topological polar surface area (TPSA) is 79.7 Å². The summed E-state index contributed by atoms with van der Waals surface area (Å²) in [5, 5.41) is 18.0. The summed E-state index contributed by atoms with van der Waals surface area (Å²) in [6, 6.07) is 14.2. The predicted octanol–water partition coefficient (Wildman–Crippen LogP) is 3.61. The Morgan fingerprint density at radius 1 is 1.25 bits per heavy atom. The Bertz CT molecular complexity index is 831. The largest absolute Gasteiger partial charge is 0.379 e. The maximum Gasteiger partial charge on any atom is 0.271 e. The van der Waals surface area contributed by atoms with Crippen LogP contribution < -0.4 is 10.6 Å². The van der Waals surface area contributed by atoms with E-state index in [9.17, 15) is 10.1 Å². The second-order valence-corrected chi connectivity index (χ2v) is 7.21. The smallest absolute Gasteiger partial charge is 0.271 e. The Labute approximate surface area is 173 Å². The molecule has 1 aliphatic rings. The van der Waals surface area contributed by atoms with Gasteiger partial charge in [0.25, 0.3) is 5.69 Å². The molecule has 0 aromatic heterocycles. The van der Waals surface area contributed by atoms with E-state index in [0.717, 1.165) is 25.2 Å². The number of hydrogen-bond acceptors (Lipinski definition) is 5. The van der Waals surface area contributed by atoms with Crippen LogP contribution in [0.25, 0.3) is 0 Å². The maximum absolute atomic E-state index is 11.0. The van der Waals surface area contributed by atoms with E-state index in [-0.39, 0.29) is 11.7 Å². The second kappa shape index (κ2) is 9.79. The number of morpholine rings is 1. The van der Waals surface area contributed by atoms with Crippen LogP contribution in [0.1, 0.15) is 11.6 Å². The van der Waals surface area contributed by atoms with Gasteiger partial charge in [0.1, 0.15) is 0 Å². The third kappa shape index (κ3) is 5.62. The van der Waals surface area contributed by atoms with Crippen LogP contribution in [0.2, 0.25) is 5.02 Å². The summed E-state index contributed by atoms with van der Waals surface area (Å²) in [5.41, 5.74) is 1.44. The van der Waals surface area contributed by atoms with Crippen molar-refractivity contribution in [1.29, 1.82) is 0 Å². The first-order chi connectivity index (χ1) is 13.5. The summed E-state index contributed by atoms with van der Waals surface area (Å²) in [6.45, 7) is 3.92. The molecule has 2 aromatic carbocycles. The molecule has 0 bridgehead atoms. The van der Waals surface area contributed by atoms with Gasteiger partial charge in [-0.15, -0.1) is 0 Å². The van der Waals surface area contributed by atoms with Gasteiger partial charge in [-0.05, 0) is 23.8 Å². The number of ether oxygens (including phenoxy) is 1. The van der Waals surface area contributed by atoms with Gasteiger partial charge in [0.05, 0.1) is 34.9 Å². The number of nitro groups is 1. The van der Waals surface area contributed by atoms with E-state index in [0.29, 0.717) is 29.0 Å². The highest BCUT2D eigenvalue weighted by atomic mass is 35.5. The fourth-order valence-electron chi connectivity index (χ4n) is 3.00. The summed E-state index contributed by atoms with van der Waals surface area (Å²) >= 11 is 11.6. The number of non-ortho nitro benzene ring substituents is 1. The first kappa shape index (κ1) is 20.5. The molecular formula is C19H21ClN4O3S. The highest BCUT2D eigenvalue weighted by molar-refractivity contribution is 7.80. The molecule has 28 heavy (non-hydrogen) atoms. The number of nitro benzene ring substituents is 1. The number of nitrogens with zero attached hydrogens (tertiary/aromatic N) is 2. The van der Waals surface area contributed by atoms with Crippen LogP contribution in [-0.2, 0) is 4.74 Å². The zero-order valence-corrected chi connectivity index (χ0v) is 16.7. The molecule has 0 aliphatic carbocycles. The van der Waals surface area contributed by atoms with Crippen LogP contribution in [0.15, 0.2) is 48.5 Å². The predicted molar refractivity (Wildman–Crippen MR) is 114 cm³/mol. The number of anilines is 1. The molecule has 1 saturated heterocycles. The number of benzene rings is 2. The third-order valence-corrected chi connectivity index (χ3v) is 5.01. The molecule has 0 radical (unpaired) electrons. The molecule has 1 atom stereocenters. The molecule has 0 saturated carbocycles. The lowest BCUT2D eigenvalue weighted by Crippen LogP contribution is -2.44. The first-order valence-corrected chi connectivity index (χ1v) is 9.68. The molecular weight excluding hydrogens is 400 g/mol. The molecule has 9 heteroatoms. The van der Waals surface area contributed by atoms with Crippen molar-refractivity contribution in [3.63, 3.8) is 0 Å². The molecule has 2 N–H and O–H groups in total. The van der Waals surface area contributed by atoms with Gasteiger partial charge in [-0.25, -0.2) is 0 Å². The van der Waals surface area contributed by atoms with Gasteiger partial charge in [0.2, 0.25) is 0 Å². The first-order valence-electron chi connectivity index (χ1n) is 8.89. The molecule has 148 valence electrons. The summed E-state index contributed by atoms with van der Waals surface area (Å²) in [7, 11) is 0. The van der Waals surface area contributed by atoms with E-state index in [2.05, 4.69) is 15.5 Å². The molecule has 0 amide bonds.